The number of hydrogen-bond donors (Lipinski definition) is 1. The summed E-state index contributed by atoms with van der Waals surface area (Å²) >= 11 is 6.39. The zero-order valence-corrected chi connectivity index (χ0v) is 16.0. The highest BCUT2D eigenvalue weighted by atomic mass is 35.5. The molecule has 1 unspecified atom stereocenters. The van der Waals surface area contributed by atoms with Gasteiger partial charge in [0.1, 0.15) is 16.7 Å². The topological polar surface area (TPSA) is 63.3 Å². The number of carbonyl (C=O) groups excluding carboxylic acids is 1. The summed E-state index contributed by atoms with van der Waals surface area (Å²) in [5, 5.41) is 7.38. The fourth-order valence-corrected chi connectivity index (χ4v) is 3.16. The molecule has 0 radical (unpaired) electrons. The number of hydrogen-bond acceptors (Lipinski definition) is 4. The molecule has 0 saturated carbocycles. The largest absolute Gasteiger partial charge is 0.468 e. The maximum Gasteiger partial charge on any atom is 0.256 e. The van der Waals surface area contributed by atoms with Crippen LogP contribution in [0.25, 0.3) is 5.69 Å². The van der Waals surface area contributed by atoms with Gasteiger partial charge in [-0.3, -0.25) is 9.69 Å². The molecule has 8 heteroatoms. The summed E-state index contributed by atoms with van der Waals surface area (Å²) in [5.41, 5.74) is 1.35. The van der Waals surface area contributed by atoms with Crippen molar-refractivity contribution < 1.29 is 13.6 Å². The molecule has 0 spiro atoms. The Kier molecular flexibility index (Phi) is 5.62. The van der Waals surface area contributed by atoms with E-state index in [1.165, 1.54) is 16.8 Å². The minimum Gasteiger partial charge on any atom is -0.468 e. The second-order valence-corrected chi connectivity index (χ2v) is 6.70. The molecule has 2 heterocycles. The van der Waals surface area contributed by atoms with Crippen molar-refractivity contribution in [2.75, 3.05) is 20.6 Å². The van der Waals surface area contributed by atoms with Gasteiger partial charge in [-0.2, -0.15) is 5.10 Å². The number of aromatic nitrogens is 2. The molecule has 6 nitrogen and oxygen atoms in total. The van der Waals surface area contributed by atoms with Crippen LogP contribution in [0.2, 0.25) is 5.15 Å². The van der Waals surface area contributed by atoms with E-state index in [9.17, 15) is 9.18 Å². The average Bonchev–Trinajstić information content (AvgIpc) is 3.24. The summed E-state index contributed by atoms with van der Waals surface area (Å²) in [5.74, 6) is 0.0683. The number of furan rings is 1. The van der Waals surface area contributed by atoms with Crippen molar-refractivity contribution in [3.63, 3.8) is 0 Å². The van der Waals surface area contributed by atoms with Gasteiger partial charge in [0.25, 0.3) is 5.91 Å². The lowest BCUT2D eigenvalue weighted by Gasteiger charge is -2.22. The van der Waals surface area contributed by atoms with Gasteiger partial charge in [-0.05, 0) is 57.4 Å². The van der Waals surface area contributed by atoms with E-state index in [-0.39, 0.29) is 28.5 Å². The number of benzene rings is 1. The van der Waals surface area contributed by atoms with Crippen molar-refractivity contribution >= 4 is 17.5 Å². The van der Waals surface area contributed by atoms with E-state index in [1.54, 1.807) is 31.4 Å². The van der Waals surface area contributed by atoms with E-state index in [2.05, 4.69) is 10.4 Å². The molecule has 1 N–H and O–H groups in total. The Balaban J connectivity index is 1.80. The van der Waals surface area contributed by atoms with E-state index < -0.39 is 0 Å². The molecule has 1 amide bonds. The summed E-state index contributed by atoms with van der Waals surface area (Å²) < 4.78 is 20.0. The highest BCUT2D eigenvalue weighted by Gasteiger charge is 2.23. The Labute approximate surface area is 161 Å². The summed E-state index contributed by atoms with van der Waals surface area (Å²) in [6, 6.07) is 9.28. The summed E-state index contributed by atoms with van der Waals surface area (Å²) in [6.07, 6.45) is 1.60. The number of likely N-dealkylation sites (N-methyl/N-ethyl adjacent to an activating group) is 1. The molecule has 142 valence electrons. The van der Waals surface area contributed by atoms with Gasteiger partial charge < -0.3 is 9.73 Å². The number of carbonyl (C=O) groups is 1. The fraction of sp³-hybridized carbons (Fsp3) is 0.263. The summed E-state index contributed by atoms with van der Waals surface area (Å²) in [6.45, 7) is 2.05. The molecule has 3 rings (SSSR count). The lowest BCUT2D eigenvalue weighted by molar-refractivity contribution is 0.0938. The maximum atomic E-state index is 13.1. The Morgan fingerprint density at radius 2 is 2.04 bits per heavy atom. The SMILES string of the molecule is Cc1nn(-c2ccc(F)cc2)c(Cl)c1C(=O)NCC(c1ccco1)N(C)C. The van der Waals surface area contributed by atoms with Crippen LogP contribution in [0.4, 0.5) is 4.39 Å². The zero-order chi connectivity index (χ0) is 19.6. The summed E-state index contributed by atoms with van der Waals surface area (Å²) in [4.78, 5) is 14.7. The number of nitrogens with one attached hydrogen (secondary N) is 1. The van der Waals surface area contributed by atoms with Crippen molar-refractivity contribution in [3.05, 3.63) is 70.6 Å². The molecule has 0 saturated heterocycles. The highest BCUT2D eigenvalue weighted by Crippen LogP contribution is 2.24. The van der Waals surface area contributed by atoms with E-state index in [0.29, 0.717) is 17.9 Å². The van der Waals surface area contributed by atoms with E-state index in [0.717, 1.165) is 5.76 Å². The first-order valence-electron chi connectivity index (χ1n) is 8.37. The number of aryl methyl sites for hydroxylation is 1. The monoisotopic (exact) mass is 390 g/mol. The molecular weight excluding hydrogens is 371 g/mol. The van der Waals surface area contributed by atoms with Crippen LogP contribution in [-0.4, -0.2) is 41.2 Å². The third-order valence-electron chi connectivity index (χ3n) is 4.25. The minimum absolute atomic E-state index is 0.116. The van der Waals surface area contributed by atoms with Crippen molar-refractivity contribution in [1.29, 1.82) is 0 Å². The Bertz CT molecular complexity index is 920. The Morgan fingerprint density at radius 1 is 1.33 bits per heavy atom. The first-order valence-corrected chi connectivity index (χ1v) is 8.75. The van der Waals surface area contributed by atoms with E-state index >= 15 is 0 Å². The quantitative estimate of drug-likeness (QED) is 0.698. The van der Waals surface area contributed by atoms with Gasteiger partial charge in [-0.1, -0.05) is 11.6 Å². The molecule has 2 aromatic heterocycles. The normalized spacial score (nSPS) is 12.4. The predicted octanol–water partition coefficient (Wildman–Crippen LogP) is 3.60. The van der Waals surface area contributed by atoms with Crippen LogP contribution in [0.3, 0.4) is 0 Å². The van der Waals surface area contributed by atoms with Gasteiger partial charge in [0.15, 0.2) is 0 Å². The number of rotatable bonds is 6. The second-order valence-electron chi connectivity index (χ2n) is 6.34. The second kappa shape index (κ2) is 7.94. The molecule has 0 aliphatic carbocycles. The third kappa shape index (κ3) is 4.04. The van der Waals surface area contributed by atoms with Crippen molar-refractivity contribution in [2.24, 2.45) is 0 Å². The molecule has 1 atom stereocenters. The van der Waals surface area contributed by atoms with Crippen molar-refractivity contribution in [2.45, 2.75) is 13.0 Å². The number of amides is 1. The van der Waals surface area contributed by atoms with Crippen LogP contribution < -0.4 is 5.32 Å². The molecule has 27 heavy (non-hydrogen) atoms. The third-order valence-corrected chi connectivity index (χ3v) is 4.60. The van der Waals surface area contributed by atoms with Crippen LogP contribution in [0, 0.1) is 12.7 Å². The Morgan fingerprint density at radius 3 is 2.63 bits per heavy atom. The zero-order valence-electron chi connectivity index (χ0n) is 15.2. The maximum absolute atomic E-state index is 13.1. The van der Waals surface area contributed by atoms with Crippen LogP contribution in [0.15, 0.2) is 47.1 Å². The minimum atomic E-state index is -0.357. The van der Waals surface area contributed by atoms with Crippen LogP contribution in [0.5, 0.6) is 0 Å². The van der Waals surface area contributed by atoms with Gasteiger partial charge in [0.2, 0.25) is 0 Å². The lowest BCUT2D eigenvalue weighted by Crippen LogP contribution is -2.34. The van der Waals surface area contributed by atoms with E-state index in [1.807, 2.05) is 25.1 Å². The molecular formula is C19H20ClFN4O2. The van der Waals surface area contributed by atoms with Gasteiger partial charge in [0.05, 0.1) is 29.2 Å². The highest BCUT2D eigenvalue weighted by molar-refractivity contribution is 6.33. The summed E-state index contributed by atoms with van der Waals surface area (Å²) in [7, 11) is 3.81. The van der Waals surface area contributed by atoms with Gasteiger partial charge in [0, 0.05) is 6.54 Å². The molecule has 0 bridgehead atoms. The molecule has 0 fully saturated rings. The van der Waals surface area contributed by atoms with Crippen LogP contribution >= 0.6 is 11.6 Å². The number of nitrogens with zero attached hydrogens (tertiary/aromatic N) is 3. The first-order chi connectivity index (χ1) is 12.9. The van der Waals surface area contributed by atoms with Gasteiger partial charge in [-0.15, -0.1) is 0 Å². The van der Waals surface area contributed by atoms with Crippen molar-refractivity contribution in [3.8, 4) is 5.69 Å². The number of halogens is 2. The Hall–Kier alpha value is -2.64. The predicted molar refractivity (Wildman–Crippen MR) is 101 cm³/mol. The van der Waals surface area contributed by atoms with Crippen LogP contribution in [-0.2, 0) is 0 Å². The molecule has 0 aliphatic heterocycles. The van der Waals surface area contributed by atoms with Gasteiger partial charge >= 0.3 is 0 Å². The fourth-order valence-electron chi connectivity index (χ4n) is 2.81. The molecule has 1 aromatic carbocycles. The molecule has 3 aromatic rings. The lowest BCUT2D eigenvalue weighted by atomic mass is 10.2. The smallest absolute Gasteiger partial charge is 0.256 e. The average molecular weight is 391 g/mol. The van der Waals surface area contributed by atoms with Crippen LogP contribution in [0.1, 0.15) is 27.9 Å². The van der Waals surface area contributed by atoms with E-state index in [4.69, 9.17) is 16.0 Å². The van der Waals surface area contributed by atoms with Crippen molar-refractivity contribution in [1.82, 2.24) is 20.0 Å². The van der Waals surface area contributed by atoms with Gasteiger partial charge in [-0.25, -0.2) is 9.07 Å². The standard InChI is InChI=1S/C19H20ClFN4O2/c1-12-17(18(20)25(23-12)14-8-6-13(21)7-9-14)19(26)22-11-15(24(2)3)16-5-4-10-27-16/h4-10,15H,11H2,1-3H3,(H,22,26). The molecule has 0 aliphatic rings. The first kappa shape index (κ1) is 19.1.